The lowest BCUT2D eigenvalue weighted by atomic mass is 10.1. The van der Waals surface area contributed by atoms with Crippen molar-refractivity contribution in [2.75, 3.05) is 23.5 Å². The van der Waals surface area contributed by atoms with E-state index in [9.17, 15) is 8.42 Å². The molecule has 186 valence electrons. The Kier molecular flexibility index (Phi) is 5.86. The largest absolute Gasteiger partial charge is 0.323 e. The number of nitrogens with one attached hydrogen (secondary N) is 2. The van der Waals surface area contributed by atoms with E-state index in [-0.39, 0.29) is 11.9 Å². The molecule has 10 nitrogen and oxygen atoms in total. The summed E-state index contributed by atoms with van der Waals surface area (Å²) in [7, 11) is -2.41. The summed E-state index contributed by atoms with van der Waals surface area (Å²) in [6.45, 7) is 1.86. The van der Waals surface area contributed by atoms with Crippen LogP contribution in [-0.4, -0.2) is 51.9 Å². The zero-order valence-corrected chi connectivity index (χ0v) is 20.4. The summed E-state index contributed by atoms with van der Waals surface area (Å²) in [5, 5.41) is 10.3. The molecule has 5 rings (SSSR count). The molecule has 1 fully saturated rings. The highest BCUT2D eigenvalue weighted by molar-refractivity contribution is 7.90. The van der Waals surface area contributed by atoms with E-state index in [2.05, 4.69) is 35.5 Å². The predicted octanol–water partition coefficient (Wildman–Crippen LogP) is 4.04. The normalized spacial score (nSPS) is 13.6. The molecule has 0 aliphatic heterocycles. The van der Waals surface area contributed by atoms with E-state index in [0.29, 0.717) is 23.0 Å². The molecule has 1 aromatic carbocycles. The summed E-state index contributed by atoms with van der Waals surface area (Å²) >= 11 is 0. The van der Waals surface area contributed by atoms with Gasteiger partial charge in [-0.15, -0.1) is 0 Å². The number of sulfone groups is 1. The number of hydrogen-bond donors (Lipinski definition) is 2. The zero-order chi connectivity index (χ0) is 25.6. The minimum atomic E-state index is -3.81. The summed E-state index contributed by atoms with van der Waals surface area (Å²) in [4.78, 5) is 18.2. The maximum absolute atomic E-state index is 15.0. The SMILES string of the molecule is Cc1cc(Nc2nc(N(C)c3c(F)cc(S(C)(=O)=O)cc3F)nc(-c3ccncn3)c2C2CC2)n[nH]1. The molecule has 0 unspecified atom stereocenters. The molecule has 13 heteroatoms. The molecule has 0 bridgehead atoms. The third-order valence-electron chi connectivity index (χ3n) is 5.75. The van der Waals surface area contributed by atoms with Gasteiger partial charge in [0.1, 0.15) is 17.8 Å². The monoisotopic (exact) mass is 512 g/mol. The minimum absolute atomic E-state index is 0.0207. The first-order chi connectivity index (χ1) is 17.1. The van der Waals surface area contributed by atoms with Gasteiger partial charge in [-0.2, -0.15) is 10.1 Å². The van der Waals surface area contributed by atoms with Crippen molar-refractivity contribution in [2.24, 2.45) is 0 Å². The Morgan fingerprint density at radius 1 is 1.14 bits per heavy atom. The Balaban J connectivity index is 1.68. The molecular formula is C23H22F2N8O2S. The molecule has 36 heavy (non-hydrogen) atoms. The minimum Gasteiger partial charge on any atom is -0.323 e. The molecule has 3 heterocycles. The highest BCUT2D eigenvalue weighted by Gasteiger charge is 2.33. The van der Waals surface area contributed by atoms with Crippen LogP contribution in [0.25, 0.3) is 11.4 Å². The van der Waals surface area contributed by atoms with Crippen molar-refractivity contribution in [1.29, 1.82) is 0 Å². The van der Waals surface area contributed by atoms with Crippen molar-refractivity contribution >= 4 is 33.1 Å². The van der Waals surface area contributed by atoms with Crippen molar-refractivity contribution in [2.45, 2.75) is 30.6 Å². The lowest BCUT2D eigenvalue weighted by Crippen LogP contribution is -2.19. The van der Waals surface area contributed by atoms with Crippen molar-refractivity contribution in [1.82, 2.24) is 30.1 Å². The van der Waals surface area contributed by atoms with E-state index in [1.807, 2.05) is 6.92 Å². The van der Waals surface area contributed by atoms with E-state index in [0.717, 1.165) is 47.4 Å². The lowest BCUT2D eigenvalue weighted by Gasteiger charge is -2.22. The standard InChI is InChI=1S/C23H22F2N8O2S/c1-12-8-18(32-31-12)28-22-19(13-4-5-13)20(17-6-7-26-11-27-17)29-23(30-22)33(2)21-15(24)9-14(10-16(21)25)36(3,34)35/h6-11,13H,4-5H2,1-3H3,(H2,28,29,30,31,32). The van der Waals surface area contributed by atoms with Gasteiger partial charge in [0.05, 0.1) is 16.3 Å². The van der Waals surface area contributed by atoms with Gasteiger partial charge in [-0.3, -0.25) is 5.10 Å². The van der Waals surface area contributed by atoms with Gasteiger partial charge < -0.3 is 10.2 Å². The van der Waals surface area contributed by atoms with Crippen LogP contribution >= 0.6 is 0 Å². The fourth-order valence-electron chi connectivity index (χ4n) is 3.87. The number of halogens is 2. The fraction of sp³-hybridized carbons (Fsp3) is 0.261. The number of anilines is 4. The van der Waals surface area contributed by atoms with Crippen LogP contribution < -0.4 is 10.2 Å². The first kappa shape index (κ1) is 23.7. The van der Waals surface area contributed by atoms with Crippen LogP contribution in [0.15, 0.2) is 41.7 Å². The van der Waals surface area contributed by atoms with Crippen LogP contribution in [0.3, 0.4) is 0 Å². The third kappa shape index (κ3) is 4.61. The Hall–Kier alpha value is -4.00. The second-order valence-corrected chi connectivity index (χ2v) is 10.6. The molecule has 0 amide bonds. The van der Waals surface area contributed by atoms with Crippen LogP contribution in [0.2, 0.25) is 0 Å². The maximum atomic E-state index is 15.0. The number of rotatable bonds is 7. The molecule has 2 N–H and O–H groups in total. The Bertz CT molecular complexity index is 1530. The van der Waals surface area contributed by atoms with E-state index in [4.69, 9.17) is 0 Å². The van der Waals surface area contributed by atoms with E-state index in [1.165, 1.54) is 13.4 Å². The average molecular weight is 513 g/mol. The fourth-order valence-corrected chi connectivity index (χ4v) is 4.50. The average Bonchev–Trinajstić information content (AvgIpc) is 3.59. The van der Waals surface area contributed by atoms with Gasteiger partial charge in [0.2, 0.25) is 5.95 Å². The van der Waals surface area contributed by atoms with Crippen molar-refractivity contribution < 1.29 is 17.2 Å². The van der Waals surface area contributed by atoms with Crippen LogP contribution in [-0.2, 0) is 9.84 Å². The Morgan fingerprint density at radius 2 is 1.86 bits per heavy atom. The van der Waals surface area contributed by atoms with Gasteiger partial charge >= 0.3 is 0 Å². The highest BCUT2D eigenvalue weighted by atomic mass is 32.2. The number of aromatic amines is 1. The second-order valence-electron chi connectivity index (χ2n) is 8.63. The van der Waals surface area contributed by atoms with Crippen molar-refractivity contribution in [3.63, 3.8) is 0 Å². The smallest absolute Gasteiger partial charge is 0.232 e. The summed E-state index contributed by atoms with van der Waals surface area (Å²) in [6.07, 6.45) is 5.72. The predicted molar refractivity (Wildman–Crippen MR) is 129 cm³/mol. The molecule has 1 aliphatic rings. The zero-order valence-electron chi connectivity index (χ0n) is 19.6. The first-order valence-corrected chi connectivity index (χ1v) is 12.9. The molecular weight excluding hydrogens is 490 g/mol. The Labute approximate surface area is 205 Å². The number of nitrogens with zero attached hydrogens (tertiary/aromatic N) is 6. The van der Waals surface area contributed by atoms with Gasteiger partial charge in [-0.1, -0.05) is 0 Å². The summed E-state index contributed by atoms with van der Waals surface area (Å²) < 4.78 is 53.7. The number of H-pyrrole nitrogens is 1. The summed E-state index contributed by atoms with van der Waals surface area (Å²) in [5.41, 5.74) is 2.19. The van der Waals surface area contributed by atoms with E-state index >= 15 is 8.78 Å². The quantitative estimate of drug-likeness (QED) is 0.377. The molecule has 3 aromatic heterocycles. The van der Waals surface area contributed by atoms with E-state index < -0.39 is 32.1 Å². The molecule has 4 aromatic rings. The second kappa shape index (κ2) is 8.90. The molecule has 0 spiro atoms. The number of hydrogen-bond acceptors (Lipinski definition) is 9. The molecule has 0 saturated heterocycles. The van der Waals surface area contributed by atoms with Crippen LogP contribution in [0.1, 0.15) is 30.0 Å². The molecule has 0 radical (unpaired) electrons. The molecule has 1 saturated carbocycles. The van der Waals surface area contributed by atoms with Crippen molar-refractivity contribution in [3.05, 3.63) is 59.7 Å². The van der Waals surface area contributed by atoms with Gasteiger partial charge in [0.25, 0.3) is 0 Å². The molecule has 0 atom stereocenters. The topological polar surface area (TPSA) is 130 Å². The Morgan fingerprint density at radius 3 is 2.42 bits per heavy atom. The van der Waals surface area contributed by atoms with Crippen LogP contribution in [0, 0.1) is 18.6 Å². The van der Waals surface area contributed by atoms with Crippen LogP contribution in [0.5, 0.6) is 0 Å². The summed E-state index contributed by atoms with van der Waals surface area (Å²) in [6, 6.07) is 5.05. The molecule has 1 aliphatic carbocycles. The van der Waals surface area contributed by atoms with Gasteiger partial charge in [-0.25, -0.2) is 32.2 Å². The highest BCUT2D eigenvalue weighted by Crippen LogP contribution is 2.47. The third-order valence-corrected chi connectivity index (χ3v) is 6.84. The van der Waals surface area contributed by atoms with Crippen molar-refractivity contribution in [3.8, 4) is 11.4 Å². The number of aromatic nitrogens is 6. The van der Waals surface area contributed by atoms with Gasteiger partial charge in [-0.05, 0) is 43.9 Å². The van der Waals surface area contributed by atoms with Crippen LogP contribution in [0.4, 0.5) is 32.1 Å². The lowest BCUT2D eigenvalue weighted by molar-refractivity contribution is 0.569. The van der Waals surface area contributed by atoms with Gasteiger partial charge in [0.15, 0.2) is 27.3 Å². The van der Waals surface area contributed by atoms with Gasteiger partial charge in [0, 0.05) is 36.8 Å². The van der Waals surface area contributed by atoms with E-state index in [1.54, 1.807) is 18.3 Å². The number of aryl methyl sites for hydroxylation is 1. The maximum Gasteiger partial charge on any atom is 0.232 e. The number of benzene rings is 1. The summed E-state index contributed by atoms with van der Waals surface area (Å²) in [5.74, 6) is -1.01. The first-order valence-electron chi connectivity index (χ1n) is 11.0.